The standard InChI is InChI=1S/C19H30N2O2S/c1-17(16-24(22,23)19-10-6-3-7-11-19)20-12-14-21(15-13-20)18-8-4-2-5-9-18/h3,6-7,10-11,17-18H,2,4-5,8-9,12-16H2,1H3. The molecule has 0 bridgehead atoms. The molecule has 1 aliphatic carbocycles. The lowest BCUT2D eigenvalue weighted by Crippen LogP contribution is -2.54. The van der Waals surface area contributed by atoms with Gasteiger partial charge in [0.25, 0.3) is 0 Å². The van der Waals surface area contributed by atoms with Gasteiger partial charge in [0.1, 0.15) is 0 Å². The van der Waals surface area contributed by atoms with Gasteiger partial charge in [-0.2, -0.15) is 0 Å². The van der Waals surface area contributed by atoms with Gasteiger partial charge in [0, 0.05) is 38.3 Å². The van der Waals surface area contributed by atoms with E-state index in [1.165, 1.54) is 32.1 Å². The van der Waals surface area contributed by atoms with Crippen molar-refractivity contribution in [2.75, 3.05) is 31.9 Å². The van der Waals surface area contributed by atoms with E-state index in [1.54, 1.807) is 24.3 Å². The molecule has 2 aliphatic rings. The minimum atomic E-state index is -3.20. The number of rotatable bonds is 5. The highest BCUT2D eigenvalue weighted by molar-refractivity contribution is 7.91. The summed E-state index contributed by atoms with van der Waals surface area (Å²) in [5, 5.41) is 0. The lowest BCUT2D eigenvalue weighted by Gasteiger charge is -2.42. The van der Waals surface area contributed by atoms with Gasteiger partial charge < -0.3 is 0 Å². The zero-order chi connectivity index (χ0) is 17.0. The summed E-state index contributed by atoms with van der Waals surface area (Å²) in [6, 6.07) is 9.67. The Morgan fingerprint density at radius 3 is 2.25 bits per heavy atom. The van der Waals surface area contributed by atoms with Gasteiger partial charge in [0.05, 0.1) is 10.6 Å². The summed E-state index contributed by atoms with van der Waals surface area (Å²) in [6.07, 6.45) is 6.83. The van der Waals surface area contributed by atoms with E-state index in [0.29, 0.717) is 4.90 Å². The van der Waals surface area contributed by atoms with Crippen LogP contribution in [-0.4, -0.2) is 62.2 Å². The van der Waals surface area contributed by atoms with Crippen LogP contribution in [0.3, 0.4) is 0 Å². The maximum absolute atomic E-state index is 12.6. The Labute approximate surface area is 146 Å². The first-order valence-corrected chi connectivity index (χ1v) is 11.0. The fraction of sp³-hybridized carbons (Fsp3) is 0.684. The van der Waals surface area contributed by atoms with Crippen molar-refractivity contribution in [2.24, 2.45) is 0 Å². The molecule has 1 aromatic carbocycles. The van der Waals surface area contributed by atoms with Crippen LogP contribution >= 0.6 is 0 Å². The molecule has 24 heavy (non-hydrogen) atoms. The maximum Gasteiger partial charge on any atom is 0.179 e. The van der Waals surface area contributed by atoms with Gasteiger partial charge >= 0.3 is 0 Å². The average Bonchev–Trinajstić information content (AvgIpc) is 2.63. The molecule has 1 aliphatic heterocycles. The number of nitrogens with zero attached hydrogens (tertiary/aromatic N) is 2. The Morgan fingerprint density at radius 2 is 1.62 bits per heavy atom. The molecule has 0 spiro atoms. The van der Waals surface area contributed by atoms with E-state index >= 15 is 0 Å². The minimum absolute atomic E-state index is 0.0729. The number of benzene rings is 1. The van der Waals surface area contributed by atoms with Crippen LogP contribution in [0.2, 0.25) is 0 Å². The van der Waals surface area contributed by atoms with Crippen LogP contribution in [0.15, 0.2) is 35.2 Å². The highest BCUT2D eigenvalue weighted by Gasteiger charge is 2.29. The van der Waals surface area contributed by atoms with E-state index in [4.69, 9.17) is 0 Å². The van der Waals surface area contributed by atoms with E-state index < -0.39 is 9.84 Å². The molecule has 1 unspecified atom stereocenters. The van der Waals surface area contributed by atoms with Crippen LogP contribution < -0.4 is 0 Å². The molecule has 1 atom stereocenters. The maximum atomic E-state index is 12.6. The quantitative estimate of drug-likeness (QED) is 0.819. The number of hydrogen-bond donors (Lipinski definition) is 0. The summed E-state index contributed by atoms with van der Waals surface area (Å²) >= 11 is 0. The van der Waals surface area contributed by atoms with Gasteiger partial charge in [-0.3, -0.25) is 9.80 Å². The third kappa shape index (κ3) is 4.38. The SMILES string of the molecule is CC(CS(=O)(=O)c1ccccc1)N1CCN(C2CCCCC2)CC1. The van der Waals surface area contributed by atoms with Crippen LogP contribution in [0.4, 0.5) is 0 Å². The molecule has 1 heterocycles. The third-order valence-electron chi connectivity index (χ3n) is 5.63. The Hall–Kier alpha value is -0.910. The summed E-state index contributed by atoms with van der Waals surface area (Å²) in [6.45, 7) is 6.20. The van der Waals surface area contributed by atoms with Crippen LogP contribution in [0.25, 0.3) is 0 Å². The largest absolute Gasteiger partial charge is 0.298 e. The van der Waals surface area contributed by atoms with Gasteiger partial charge in [-0.15, -0.1) is 0 Å². The highest BCUT2D eigenvalue weighted by Crippen LogP contribution is 2.24. The summed E-state index contributed by atoms with van der Waals surface area (Å²) < 4.78 is 25.1. The van der Waals surface area contributed by atoms with Crippen molar-refractivity contribution in [3.63, 3.8) is 0 Å². The van der Waals surface area contributed by atoms with E-state index in [1.807, 2.05) is 6.07 Å². The van der Waals surface area contributed by atoms with Crippen molar-refractivity contribution >= 4 is 9.84 Å². The minimum Gasteiger partial charge on any atom is -0.298 e. The van der Waals surface area contributed by atoms with Crippen LogP contribution in [0.1, 0.15) is 39.0 Å². The lowest BCUT2D eigenvalue weighted by atomic mass is 9.94. The first-order chi connectivity index (χ1) is 11.6. The van der Waals surface area contributed by atoms with Crippen LogP contribution in [0.5, 0.6) is 0 Å². The second kappa shape index (κ2) is 7.98. The molecular formula is C19H30N2O2S. The molecule has 0 amide bonds. The first-order valence-electron chi connectivity index (χ1n) is 9.32. The van der Waals surface area contributed by atoms with Crippen molar-refractivity contribution in [2.45, 2.75) is 56.0 Å². The molecule has 0 aromatic heterocycles. The van der Waals surface area contributed by atoms with Crippen molar-refractivity contribution in [3.05, 3.63) is 30.3 Å². The molecule has 0 N–H and O–H groups in total. The van der Waals surface area contributed by atoms with E-state index in [0.717, 1.165) is 32.2 Å². The molecule has 3 rings (SSSR count). The monoisotopic (exact) mass is 350 g/mol. The summed E-state index contributed by atoms with van der Waals surface area (Å²) in [7, 11) is -3.20. The zero-order valence-corrected chi connectivity index (χ0v) is 15.5. The predicted octanol–water partition coefficient (Wildman–Crippen LogP) is 2.80. The number of hydrogen-bond acceptors (Lipinski definition) is 4. The molecule has 4 nitrogen and oxygen atoms in total. The third-order valence-corrected chi connectivity index (χ3v) is 7.54. The average molecular weight is 351 g/mol. The van der Waals surface area contributed by atoms with E-state index in [-0.39, 0.29) is 11.8 Å². The summed E-state index contributed by atoms with van der Waals surface area (Å²) in [5.41, 5.74) is 0. The molecule has 1 saturated heterocycles. The van der Waals surface area contributed by atoms with Crippen LogP contribution in [-0.2, 0) is 9.84 Å². The number of sulfone groups is 1. The number of piperazine rings is 1. The van der Waals surface area contributed by atoms with Crippen LogP contribution in [0, 0.1) is 0 Å². The molecule has 134 valence electrons. The zero-order valence-electron chi connectivity index (χ0n) is 14.7. The van der Waals surface area contributed by atoms with E-state index in [9.17, 15) is 8.42 Å². The van der Waals surface area contributed by atoms with Gasteiger partial charge in [-0.05, 0) is 31.9 Å². The van der Waals surface area contributed by atoms with Gasteiger partial charge in [-0.1, -0.05) is 37.5 Å². The smallest absolute Gasteiger partial charge is 0.179 e. The molecule has 2 fully saturated rings. The normalized spacial score (nSPS) is 23.2. The second-order valence-electron chi connectivity index (χ2n) is 7.31. The Morgan fingerprint density at radius 1 is 1.00 bits per heavy atom. The Balaban J connectivity index is 1.52. The van der Waals surface area contributed by atoms with E-state index in [2.05, 4.69) is 16.7 Å². The van der Waals surface area contributed by atoms with Gasteiger partial charge in [0.15, 0.2) is 9.84 Å². The highest BCUT2D eigenvalue weighted by atomic mass is 32.2. The van der Waals surface area contributed by atoms with Gasteiger partial charge in [0.2, 0.25) is 0 Å². The fourth-order valence-corrected chi connectivity index (χ4v) is 5.75. The molecular weight excluding hydrogens is 320 g/mol. The van der Waals surface area contributed by atoms with Gasteiger partial charge in [-0.25, -0.2) is 8.42 Å². The predicted molar refractivity (Wildman–Crippen MR) is 98.0 cm³/mol. The molecule has 1 aromatic rings. The summed E-state index contributed by atoms with van der Waals surface area (Å²) in [4.78, 5) is 5.42. The second-order valence-corrected chi connectivity index (χ2v) is 9.34. The Bertz CT molecular complexity index is 604. The van der Waals surface area contributed by atoms with Crippen molar-refractivity contribution in [1.29, 1.82) is 0 Å². The molecule has 1 saturated carbocycles. The Kier molecular flexibility index (Phi) is 5.95. The van der Waals surface area contributed by atoms with Crippen molar-refractivity contribution in [1.82, 2.24) is 9.80 Å². The fourth-order valence-electron chi connectivity index (χ4n) is 4.14. The topological polar surface area (TPSA) is 40.6 Å². The summed E-state index contributed by atoms with van der Waals surface area (Å²) in [5.74, 6) is 0.209. The van der Waals surface area contributed by atoms with Crippen molar-refractivity contribution < 1.29 is 8.42 Å². The first kappa shape index (κ1) is 17.9. The lowest BCUT2D eigenvalue weighted by molar-refractivity contribution is 0.0649. The molecule has 5 heteroatoms. The van der Waals surface area contributed by atoms with Crippen molar-refractivity contribution in [3.8, 4) is 0 Å². The molecule has 0 radical (unpaired) electrons.